The predicted molar refractivity (Wildman–Crippen MR) is 184 cm³/mol. The molecule has 1 atom stereocenters. The van der Waals surface area contributed by atoms with Gasteiger partial charge >= 0.3 is 0 Å². The van der Waals surface area contributed by atoms with Gasteiger partial charge in [0, 0.05) is 36.1 Å². The molecule has 1 N–H and O–H groups in total. The summed E-state index contributed by atoms with van der Waals surface area (Å²) in [5.74, 6) is 1.43. The minimum Gasteiger partial charge on any atom is -0.366 e. The van der Waals surface area contributed by atoms with Gasteiger partial charge < -0.3 is 14.7 Å². The lowest BCUT2D eigenvalue weighted by Gasteiger charge is -2.33. The Morgan fingerprint density at radius 3 is 2.57 bits per heavy atom. The van der Waals surface area contributed by atoms with Gasteiger partial charge in [-0.2, -0.15) is 0 Å². The van der Waals surface area contributed by atoms with Gasteiger partial charge in [0.05, 0.1) is 21.3 Å². The Balaban J connectivity index is 0.988. The quantitative estimate of drug-likeness (QED) is 0.177. The summed E-state index contributed by atoms with van der Waals surface area (Å²) in [5.41, 5.74) is 5.32. The summed E-state index contributed by atoms with van der Waals surface area (Å²) in [4.78, 5) is 15.0. The first-order valence-corrected chi connectivity index (χ1v) is 18.5. The van der Waals surface area contributed by atoms with Crippen molar-refractivity contribution in [3.8, 4) is 21.8 Å². The zero-order valence-electron chi connectivity index (χ0n) is 26.4. The van der Waals surface area contributed by atoms with Crippen LogP contribution in [0.5, 0.6) is 0 Å². The number of para-hydroxylation sites is 1. The summed E-state index contributed by atoms with van der Waals surface area (Å²) in [7, 11) is -3.41. The number of anilines is 1. The molecule has 0 saturated carbocycles. The lowest BCUT2D eigenvalue weighted by molar-refractivity contribution is 0.224. The van der Waals surface area contributed by atoms with Crippen LogP contribution in [0.2, 0.25) is 0 Å². The molecule has 2 aliphatic rings. The van der Waals surface area contributed by atoms with Crippen LogP contribution in [0.15, 0.2) is 75.7 Å². The zero-order valence-corrected chi connectivity index (χ0v) is 28.0. The Morgan fingerprint density at radius 2 is 1.78 bits per heavy atom. The van der Waals surface area contributed by atoms with Crippen molar-refractivity contribution in [2.24, 2.45) is 0 Å². The van der Waals surface area contributed by atoms with Crippen LogP contribution in [0.4, 0.5) is 5.82 Å². The van der Waals surface area contributed by atoms with Crippen molar-refractivity contribution in [3.63, 3.8) is 0 Å². The number of piperidine rings is 1. The Hall–Kier alpha value is -3.64. The molecule has 0 radical (unpaired) electrons. The molecule has 3 aromatic heterocycles. The SMILES string of the molecule is Cc1cc(-c2ccc(S(=O)(=O)C3CCN(CC(C)Nc4ncnc5c(-c6cccc(CN7CCCC7)c6)cccc45)CC3)s2)on1. The number of thiophene rings is 1. The molecule has 11 heteroatoms. The molecule has 1 unspecified atom stereocenters. The highest BCUT2D eigenvalue weighted by molar-refractivity contribution is 7.94. The molecule has 5 aromatic rings. The Bertz CT molecular complexity index is 1920. The number of rotatable bonds is 10. The van der Waals surface area contributed by atoms with Crippen LogP contribution in [-0.2, 0) is 16.4 Å². The van der Waals surface area contributed by atoms with Crippen molar-refractivity contribution in [1.29, 1.82) is 0 Å². The molecule has 240 valence electrons. The molecule has 2 aromatic carbocycles. The predicted octanol–water partition coefficient (Wildman–Crippen LogP) is 6.66. The van der Waals surface area contributed by atoms with Crippen molar-refractivity contribution < 1.29 is 12.9 Å². The number of sulfone groups is 1. The van der Waals surface area contributed by atoms with Gasteiger partial charge in [-0.15, -0.1) is 11.3 Å². The zero-order chi connectivity index (χ0) is 31.7. The average molecular weight is 657 g/mol. The molecule has 2 fully saturated rings. The summed E-state index contributed by atoms with van der Waals surface area (Å²) in [5, 5.41) is 8.17. The molecule has 0 bridgehead atoms. The van der Waals surface area contributed by atoms with E-state index in [1.165, 1.54) is 48.4 Å². The number of benzene rings is 2. The van der Waals surface area contributed by atoms with E-state index in [4.69, 9.17) is 9.51 Å². The fourth-order valence-electron chi connectivity index (χ4n) is 6.79. The third-order valence-corrected chi connectivity index (χ3v) is 13.0. The van der Waals surface area contributed by atoms with E-state index >= 15 is 0 Å². The molecule has 5 heterocycles. The van der Waals surface area contributed by atoms with Crippen LogP contribution in [-0.4, -0.2) is 77.4 Å². The summed E-state index contributed by atoms with van der Waals surface area (Å²) in [6, 6.07) is 20.6. The molecule has 2 aliphatic heterocycles. The monoisotopic (exact) mass is 656 g/mol. The van der Waals surface area contributed by atoms with E-state index in [9.17, 15) is 8.42 Å². The van der Waals surface area contributed by atoms with Gasteiger partial charge in [-0.1, -0.05) is 35.5 Å². The highest BCUT2D eigenvalue weighted by Gasteiger charge is 2.33. The second-order valence-corrected chi connectivity index (χ2v) is 16.2. The number of nitrogens with one attached hydrogen (secondary N) is 1. The van der Waals surface area contributed by atoms with Crippen LogP contribution in [0.25, 0.3) is 32.7 Å². The number of nitrogens with zero attached hydrogens (tertiary/aromatic N) is 5. The minimum absolute atomic E-state index is 0.115. The van der Waals surface area contributed by atoms with E-state index in [1.807, 2.05) is 19.1 Å². The van der Waals surface area contributed by atoms with E-state index in [2.05, 4.69) is 74.6 Å². The summed E-state index contributed by atoms with van der Waals surface area (Å²) in [6.07, 6.45) is 5.44. The first-order chi connectivity index (χ1) is 22.3. The van der Waals surface area contributed by atoms with Gasteiger partial charge in [-0.25, -0.2) is 18.4 Å². The van der Waals surface area contributed by atoms with E-state index in [0.717, 1.165) is 59.0 Å². The Labute approximate surface area is 274 Å². The smallest absolute Gasteiger partial charge is 0.190 e. The number of hydrogen-bond acceptors (Lipinski definition) is 10. The second kappa shape index (κ2) is 13.2. The summed E-state index contributed by atoms with van der Waals surface area (Å²) < 4.78 is 32.7. The molecule has 46 heavy (non-hydrogen) atoms. The number of aromatic nitrogens is 3. The largest absolute Gasteiger partial charge is 0.366 e. The fraction of sp³-hybridized carbons (Fsp3) is 0.400. The molecule has 0 spiro atoms. The van der Waals surface area contributed by atoms with Crippen molar-refractivity contribution in [3.05, 3.63) is 78.2 Å². The van der Waals surface area contributed by atoms with Crippen LogP contribution in [0.3, 0.4) is 0 Å². The number of hydrogen-bond donors (Lipinski definition) is 1. The molecule has 7 rings (SSSR count). The van der Waals surface area contributed by atoms with Crippen molar-refractivity contribution in [1.82, 2.24) is 24.9 Å². The molecular weight excluding hydrogens is 617 g/mol. The normalized spacial score (nSPS) is 17.5. The molecule has 0 amide bonds. The summed E-state index contributed by atoms with van der Waals surface area (Å²) >= 11 is 1.26. The van der Waals surface area contributed by atoms with Crippen LogP contribution in [0, 0.1) is 6.92 Å². The van der Waals surface area contributed by atoms with E-state index in [-0.39, 0.29) is 11.3 Å². The molecule has 2 saturated heterocycles. The van der Waals surface area contributed by atoms with Crippen LogP contribution < -0.4 is 5.32 Å². The maximum Gasteiger partial charge on any atom is 0.190 e. The van der Waals surface area contributed by atoms with Crippen molar-refractivity contribution in [2.45, 2.75) is 61.6 Å². The molecule has 9 nitrogen and oxygen atoms in total. The van der Waals surface area contributed by atoms with Gasteiger partial charge in [0.25, 0.3) is 0 Å². The highest BCUT2D eigenvalue weighted by Crippen LogP contribution is 2.35. The van der Waals surface area contributed by atoms with Crippen molar-refractivity contribution >= 4 is 37.9 Å². The van der Waals surface area contributed by atoms with Gasteiger partial charge in [0.15, 0.2) is 15.6 Å². The minimum atomic E-state index is -3.41. The van der Waals surface area contributed by atoms with E-state index in [0.29, 0.717) is 22.8 Å². The summed E-state index contributed by atoms with van der Waals surface area (Å²) in [6.45, 7) is 9.61. The third kappa shape index (κ3) is 6.60. The molecular formula is C35H40N6O3S2. The second-order valence-electron chi connectivity index (χ2n) is 12.6. The van der Waals surface area contributed by atoms with Crippen molar-refractivity contribution in [2.75, 3.05) is 38.0 Å². The van der Waals surface area contributed by atoms with E-state index < -0.39 is 9.84 Å². The maximum absolute atomic E-state index is 13.5. The maximum atomic E-state index is 13.5. The first-order valence-electron chi connectivity index (χ1n) is 16.2. The van der Waals surface area contributed by atoms with Gasteiger partial charge in [-0.05, 0) is 101 Å². The van der Waals surface area contributed by atoms with Gasteiger partial charge in [0.2, 0.25) is 0 Å². The van der Waals surface area contributed by atoms with E-state index in [1.54, 1.807) is 12.4 Å². The molecule has 0 aliphatic carbocycles. The number of likely N-dealkylation sites (tertiary alicyclic amines) is 2. The highest BCUT2D eigenvalue weighted by atomic mass is 32.2. The van der Waals surface area contributed by atoms with Gasteiger partial charge in [0.1, 0.15) is 16.4 Å². The fourth-order valence-corrected chi connectivity index (χ4v) is 10.0. The first kappa shape index (κ1) is 31.0. The topological polar surface area (TPSA) is 104 Å². The number of aryl methyl sites for hydroxylation is 1. The Morgan fingerprint density at radius 1 is 0.978 bits per heavy atom. The standard InChI is InChI=1S/C35H40N6O3S2/c1-24-19-31(44-39-24)32-11-12-33(45-32)46(42,43)28-13-17-41(18-14-28)21-25(2)38-35-30-10-6-9-29(34(30)36-23-37-35)27-8-5-7-26(20-27)22-40-15-3-4-16-40/h5-12,19-20,23,25,28H,3-4,13-18,21-22H2,1-2H3,(H,36,37,38). The lowest BCUT2D eigenvalue weighted by atomic mass is 10.00. The van der Waals surface area contributed by atoms with Crippen LogP contribution >= 0.6 is 11.3 Å². The Kier molecular flexibility index (Phi) is 8.91. The van der Waals surface area contributed by atoms with Crippen LogP contribution in [0.1, 0.15) is 43.9 Å². The number of fused-ring (bicyclic) bond motifs is 1. The average Bonchev–Trinajstić information content (AvgIpc) is 3.85. The third-order valence-electron chi connectivity index (χ3n) is 9.13. The lowest BCUT2D eigenvalue weighted by Crippen LogP contribution is -2.43. The van der Waals surface area contributed by atoms with Gasteiger partial charge in [-0.3, -0.25) is 4.90 Å².